The molecule has 0 aliphatic carbocycles. The summed E-state index contributed by atoms with van der Waals surface area (Å²) in [4.78, 5) is 26.2. The molecule has 7 nitrogen and oxygen atoms in total. The molecule has 0 saturated carbocycles. The van der Waals surface area contributed by atoms with E-state index in [2.05, 4.69) is 15.1 Å². The van der Waals surface area contributed by atoms with Crippen molar-refractivity contribution in [2.24, 2.45) is 0 Å². The van der Waals surface area contributed by atoms with Crippen LogP contribution < -0.4 is 5.43 Å². The second kappa shape index (κ2) is 7.43. The van der Waals surface area contributed by atoms with Crippen LogP contribution in [0.15, 0.2) is 0 Å². The zero-order chi connectivity index (χ0) is 20.6. The topological polar surface area (TPSA) is 91.8 Å². The number of nitrogens with one attached hydrogen (secondary N) is 1. The van der Waals surface area contributed by atoms with Crippen molar-refractivity contribution in [1.29, 1.82) is 0 Å². The molecule has 1 aromatic rings. The normalized spacial score (nSPS) is 15.7. The number of carbonyl (C=O) groups excluding carboxylic acids is 1. The summed E-state index contributed by atoms with van der Waals surface area (Å²) in [5, 5.41) is 6.08. The van der Waals surface area contributed by atoms with E-state index in [9.17, 15) is 36.6 Å². The number of halogens is 6. The predicted octanol–water partition coefficient (Wildman–Crippen LogP) is 3.30. The Labute approximate surface area is 154 Å². The minimum Gasteiger partial charge on any atom is -0.478 e. The molecule has 27 heavy (non-hydrogen) atoms. The molecule has 2 N–H and O–H groups in total. The molecule has 1 aromatic heterocycles. The highest BCUT2D eigenvalue weighted by molar-refractivity contribution is 6.22. The van der Waals surface area contributed by atoms with Crippen LogP contribution in [0.5, 0.6) is 0 Å². The fourth-order valence-electron chi connectivity index (χ4n) is 2.60. The SMILES string of the molecule is COC(=O)c1c(C(F)(F)Cl)nc(C(F)(F)F)c(C(=O)O)c1NN1CCCC1. The minimum absolute atomic E-state index is 0.288. The van der Waals surface area contributed by atoms with E-state index in [4.69, 9.17) is 11.6 Å². The Hall–Kier alpha value is -2.21. The molecule has 0 unspecified atom stereocenters. The Bertz CT molecular complexity index is 761. The average Bonchev–Trinajstić information content (AvgIpc) is 3.04. The van der Waals surface area contributed by atoms with Gasteiger partial charge in [-0.15, -0.1) is 0 Å². The number of hydrogen-bond acceptors (Lipinski definition) is 6. The van der Waals surface area contributed by atoms with Gasteiger partial charge in [0.05, 0.1) is 12.8 Å². The molecular weight excluding hydrogens is 405 g/mol. The fraction of sp³-hybridized carbons (Fsp3) is 0.500. The van der Waals surface area contributed by atoms with Gasteiger partial charge in [0.15, 0.2) is 5.69 Å². The van der Waals surface area contributed by atoms with Crippen molar-refractivity contribution in [2.45, 2.75) is 24.4 Å². The summed E-state index contributed by atoms with van der Waals surface area (Å²) in [6.45, 7) is 0.575. The van der Waals surface area contributed by atoms with E-state index in [0.29, 0.717) is 12.8 Å². The molecule has 0 atom stereocenters. The van der Waals surface area contributed by atoms with Gasteiger partial charge in [-0.05, 0) is 24.4 Å². The van der Waals surface area contributed by atoms with E-state index in [0.717, 1.165) is 7.11 Å². The zero-order valence-corrected chi connectivity index (χ0v) is 14.4. The van der Waals surface area contributed by atoms with Crippen molar-refractivity contribution < 1.29 is 41.4 Å². The smallest absolute Gasteiger partial charge is 0.434 e. The van der Waals surface area contributed by atoms with Gasteiger partial charge in [-0.1, -0.05) is 0 Å². The number of hydrazine groups is 1. The van der Waals surface area contributed by atoms with Crippen LogP contribution in [0.3, 0.4) is 0 Å². The van der Waals surface area contributed by atoms with Crippen LogP contribution in [0, 0.1) is 0 Å². The lowest BCUT2D eigenvalue weighted by Crippen LogP contribution is -2.32. The highest BCUT2D eigenvalue weighted by Crippen LogP contribution is 2.42. The number of pyridine rings is 1. The van der Waals surface area contributed by atoms with E-state index in [-0.39, 0.29) is 13.1 Å². The van der Waals surface area contributed by atoms with Gasteiger partial charge in [0.1, 0.15) is 16.8 Å². The van der Waals surface area contributed by atoms with E-state index < -0.39 is 51.7 Å². The minimum atomic E-state index is -5.40. The second-order valence-electron chi connectivity index (χ2n) is 5.53. The van der Waals surface area contributed by atoms with Crippen molar-refractivity contribution in [1.82, 2.24) is 9.99 Å². The van der Waals surface area contributed by atoms with Gasteiger partial charge in [0.25, 0.3) is 0 Å². The Morgan fingerprint density at radius 1 is 1.15 bits per heavy atom. The number of esters is 1. The van der Waals surface area contributed by atoms with Crippen molar-refractivity contribution in [2.75, 3.05) is 25.6 Å². The lowest BCUT2D eigenvalue weighted by molar-refractivity contribution is -0.142. The molecule has 1 saturated heterocycles. The highest BCUT2D eigenvalue weighted by Gasteiger charge is 2.46. The van der Waals surface area contributed by atoms with E-state index >= 15 is 0 Å². The number of methoxy groups -OCH3 is 1. The van der Waals surface area contributed by atoms with Crippen molar-refractivity contribution in [3.63, 3.8) is 0 Å². The van der Waals surface area contributed by atoms with Crippen LogP contribution in [0.25, 0.3) is 0 Å². The molecule has 1 aliphatic rings. The molecule has 0 bridgehead atoms. The first-order valence-electron chi connectivity index (χ1n) is 7.43. The molecule has 2 rings (SSSR count). The van der Waals surface area contributed by atoms with Gasteiger partial charge >= 0.3 is 23.5 Å². The van der Waals surface area contributed by atoms with E-state index in [1.165, 1.54) is 5.01 Å². The van der Waals surface area contributed by atoms with Gasteiger partial charge < -0.3 is 15.3 Å². The number of anilines is 1. The van der Waals surface area contributed by atoms with E-state index in [1.54, 1.807) is 0 Å². The summed E-state index contributed by atoms with van der Waals surface area (Å²) < 4.78 is 71.8. The van der Waals surface area contributed by atoms with Gasteiger partial charge in [-0.2, -0.15) is 22.0 Å². The predicted molar refractivity (Wildman–Crippen MR) is 81.7 cm³/mol. The summed E-state index contributed by atoms with van der Waals surface area (Å²) in [7, 11) is 0.788. The van der Waals surface area contributed by atoms with Crippen LogP contribution in [0.2, 0.25) is 0 Å². The third-order valence-electron chi connectivity index (χ3n) is 3.71. The molecule has 2 heterocycles. The number of nitrogens with zero attached hydrogens (tertiary/aromatic N) is 2. The lowest BCUT2D eigenvalue weighted by atomic mass is 10.0. The molecule has 0 amide bonds. The van der Waals surface area contributed by atoms with Crippen LogP contribution in [-0.2, 0) is 16.3 Å². The highest BCUT2D eigenvalue weighted by atomic mass is 35.5. The maximum Gasteiger partial charge on any atom is 0.434 e. The zero-order valence-electron chi connectivity index (χ0n) is 13.7. The summed E-state index contributed by atoms with van der Waals surface area (Å²) in [6, 6.07) is 0. The standard InChI is InChI=1S/C14H13ClF5N3O4/c1-27-12(26)7-8(22-23-4-2-3-5-23)6(11(24)25)10(14(18,19)20)21-9(7)13(15,16)17/h2-5H2,1H3,(H,21,22)(H,24,25). The lowest BCUT2D eigenvalue weighted by Gasteiger charge is -2.25. The van der Waals surface area contributed by atoms with Gasteiger partial charge in [0.2, 0.25) is 0 Å². The Morgan fingerprint density at radius 3 is 2.11 bits per heavy atom. The Kier molecular flexibility index (Phi) is 5.80. The molecule has 0 spiro atoms. The quantitative estimate of drug-likeness (QED) is 0.431. The number of rotatable bonds is 5. The fourth-order valence-corrected chi connectivity index (χ4v) is 2.74. The summed E-state index contributed by atoms with van der Waals surface area (Å²) in [6.07, 6.45) is -4.15. The number of aromatic carboxylic acids is 1. The number of carboxylic acids is 1. The maximum atomic E-state index is 13.7. The first-order chi connectivity index (χ1) is 12.4. The first-order valence-corrected chi connectivity index (χ1v) is 7.81. The van der Waals surface area contributed by atoms with Gasteiger partial charge in [-0.25, -0.2) is 19.6 Å². The van der Waals surface area contributed by atoms with Crippen molar-refractivity contribution in [3.8, 4) is 0 Å². The number of alkyl halides is 6. The molecule has 150 valence electrons. The summed E-state index contributed by atoms with van der Waals surface area (Å²) in [5.74, 6) is -3.64. The largest absolute Gasteiger partial charge is 0.478 e. The van der Waals surface area contributed by atoms with Crippen LogP contribution in [-0.4, -0.2) is 47.2 Å². The van der Waals surface area contributed by atoms with E-state index in [1.807, 2.05) is 0 Å². The molecular formula is C14H13ClF5N3O4. The average molecular weight is 418 g/mol. The van der Waals surface area contributed by atoms with Crippen LogP contribution >= 0.6 is 11.6 Å². The molecule has 0 radical (unpaired) electrons. The number of carboxylic acid groups (broad SMARTS) is 1. The molecule has 1 aliphatic heterocycles. The van der Waals surface area contributed by atoms with Gasteiger partial charge in [0, 0.05) is 13.1 Å². The van der Waals surface area contributed by atoms with Crippen LogP contribution in [0.4, 0.5) is 27.6 Å². The first kappa shape index (κ1) is 21.1. The van der Waals surface area contributed by atoms with Crippen LogP contribution in [0.1, 0.15) is 44.9 Å². The molecule has 1 fully saturated rings. The molecule has 13 heteroatoms. The number of aromatic nitrogens is 1. The Morgan fingerprint density at radius 2 is 1.70 bits per heavy atom. The van der Waals surface area contributed by atoms with Crippen molar-refractivity contribution >= 4 is 29.2 Å². The summed E-state index contributed by atoms with van der Waals surface area (Å²) >= 11 is 4.85. The number of ether oxygens (including phenoxy) is 1. The third kappa shape index (κ3) is 4.38. The molecule has 0 aromatic carbocycles. The second-order valence-corrected chi connectivity index (χ2v) is 6.01. The number of hydrogen-bond donors (Lipinski definition) is 2. The monoisotopic (exact) mass is 417 g/mol. The maximum absolute atomic E-state index is 13.7. The number of carbonyl (C=O) groups is 2. The van der Waals surface area contributed by atoms with Gasteiger partial charge in [-0.3, -0.25) is 0 Å². The Balaban J connectivity index is 2.91. The summed E-state index contributed by atoms with van der Waals surface area (Å²) in [5.41, 5.74) is -5.22. The third-order valence-corrected chi connectivity index (χ3v) is 3.89. The van der Waals surface area contributed by atoms with Crippen molar-refractivity contribution in [3.05, 3.63) is 22.5 Å².